The van der Waals surface area contributed by atoms with Crippen molar-refractivity contribution in [1.29, 1.82) is 0 Å². The molecule has 55 valence electrons. The largest absolute Gasteiger partial charge is 0.429 e. The molecule has 0 saturated carbocycles. The van der Waals surface area contributed by atoms with E-state index in [4.69, 9.17) is 0 Å². The van der Waals surface area contributed by atoms with Crippen LogP contribution in [0, 0.1) is 13.0 Å². The number of aryl methyl sites for hydroxylation is 2. The van der Waals surface area contributed by atoms with Crippen LogP contribution in [0.3, 0.4) is 0 Å². The molecule has 0 bridgehead atoms. The van der Waals surface area contributed by atoms with Gasteiger partial charge in [0, 0.05) is 39.8 Å². The van der Waals surface area contributed by atoms with E-state index in [2.05, 4.69) is 11.2 Å². The summed E-state index contributed by atoms with van der Waals surface area (Å²) < 4.78 is 1.73. The van der Waals surface area contributed by atoms with Crippen LogP contribution in [0.25, 0.3) is 0 Å². The van der Waals surface area contributed by atoms with Crippen molar-refractivity contribution in [2.24, 2.45) is 7.05 Å². The van der Waals surface area contributed by atoms with Gasteiger partial charge in [-0.25, -0.2) is 5.10 Å². The molecular formula is C7H13N2Y-. The Hall–Kier alpha value is 0.314. The predicted molar refractivity (Wildman–Crippen MR) is 38.1 cm³/mol. The van der Waals surface area contributed by atoms with Crippen LogP contribution in [0.5, 0.6) is 0 Å². The third kappa shape index (κ3) is 5.13. The van der Waals surface area contributed by atoms with Crippen LogP contribution in [0.15, 0.2) is 6.20 Å². The molecule has 0 aliphatic carbocycles. The minimum absolute atomic E-state index is 0. The molecule has 0 unspecified atom stereocenters. The van der Waals surface area contributed by atoms with Crippen LogP contribution < -0.4 is 0 Å². The van der Waals surface area contributed by atoms with Gasteiger partial charge in [0.15, 0.2) is 0 Å². The molecular weight excluding hydrogens is 201 g/mol. The second-order valence-corrected chi connectivity index (χ2v) is 1.53. The van der Waals surface area contributed by atoms with E-state index in [1.807, 2.05) is 27.8 Å². The molecule has 1 rings (SSSR count). The summed E-state index contributed by atoms with van der Waals surface area (Å²) in [5.41, 5.74) is 0.947. The van der Waals surface area contributed by atoms with Crippen LogP contribution in [-0.4, -0.2) is 9.78 Å². The molecule has 0 spiro atoms. The van der Waals surface area contributed by atoms with E-state index < -0.39 is 0 Å². The minimum Gasteiger partial charge on any atom is -0.429 e. The Kier molecular flexibility index (Phi) is 9.61. The van der Waals surface area contributed by atoms with Crippen LogP contribution in [0.4, 0.5) is 0 Å². The van der Waals surface area contributed by atoms with Crippen molar-refractivity contribution in [1.82, 2.24) is 9.78 Å². The molecule has 0 saturated heterocycles. The van der Waals surface area contributed by atoms with Gasteiger partial charge in [0.05, 0.1) is 0 Å². The number of nitrogens with zero attached hydrogens (tertiary/aromatic N) is 2. The summed E-state index contributed by atoms with van der Waals surface area (Å²) in [7, 11) is 1.88. The van der Waals surface area contributed by atoms with Gasteiger partial charge in [0.25, 0.3) is 0 Å². The maximum Gasteiger partial charge on any atom is 0.0262 e. The number of rotatable bonds is 0. The van der Waals surface area contributed by atoms with Crippen molar-refractivity contribution >= 4 is 0 Å². The van der Waals surface area contributed by atoms with Gasteiger partial charge < -0.3 is 10.7 Å². The van der Waals surface area contributed by atoms with Crippen molar-refractivity contribution in [3.63, 3.8) is 0 Å². The zero-order valence-electron chi connectivity index (χ0n) is 7.05. The number of hydrogen-bond acceptors (Lipinski definition) is 1. The fourth-order valence-corrected chi connectivity index (χ4v) is 0.481. The maximum atomic E-state index is 3.97. The normalized spacial score (nSPS) is 7.20. The first kappa shape index (κ1) is 12.9. The second kappa shape index (κ2) is 7.42. The van der Waals surface area contributed by atoms with E-state index in [1.165, 1.54) is 0 Å². The van der Waals surface area contributed by atoms with Crippen molar-refractivity contribution in [2.75, 3.05) is 0 Å². The second-order valence-electron chi connectivity index (χ2n) is 1.53. The first-order valence-electron chi connectivity index (χ1n) is 3.17. The minimum atomic E-state index is 0. The first-order chi connectivity index (χ1) is 4.29. The Labute approximate surface area is 87.9 Å². The van der Waals surface area contributed by atoms with Crippen molar-refractivity contribution < 1.29 is 32.7 Å². The average molecular weight is 214 g/mol. The van der Waals surface area contributed by atoms with Crippen molar-refractivity contribution in [3.05, 3.63) is 18.0 Å². The molecule has 0 atom stereocenters. The van der Waals surface area contributed by atoms with Gasteiger partial charge in [-0.3, -0.25) is 0 Å². The summed E-state index contributed by atoms with van der Waals surface area (Å²) in [6.07, 6.45) is 1.80. The summed E-state index contributed by atoms with van der Waals surface area (Å²) in [6.45, 7) is 5.92. The van der Waals surface area contributed by atoms with Crippen LogP contribution >= 0.6 is 0 Å². The Balaban J connectivity index is 0. The van der Waals surface area contributed by atoms with Gasteiger partial charge >= 0.3 is 0 Å². The van der Waals surface area contributed by atoms with Gasteiger partial charge in [0.2, 0.25) is 0 Å². The Morgan fingerprint density at radius 1 is 1.50 bits per heavy atom. The third-order valence-electron chi connectivity index (χ3n) is 0.768. The summed E-state index contributed by atoms with van der Waals surface area (Å²) in [5.74, 6) is 0. The summed E-state index contributed by atoms with van der Waals surface area (Å²) >= 11 is 0. The van der Waals surface area contributed by atoms with Crippen molar-refractivity contribution in [3.8, 4) is 0 Å². The number of aromatic nitrogens is 2. The van der Waals surface area contributed by atoms with E-state index in [0.29, 0.717) is 0 Å². The fourth-order valence-electron chi connectivity index (χ4n) is 0.481. The zero-order chi connectivity index (χ0) is 7.28. The Morgan fingerprint density at radius 2 is 2.00 bits per heavy atom. The Morgan fingerprint density at radius 3 is 2.10 bits per heavy atom. The number of hydrogen-bond donors (Lipinski definition) is 0. The molecule has 10 heavy (non-hydrogen) atoms. The molecule has 1 aromatic heterocycles. The molecule has 0 aromatic carbocycles. The molecule has 0 aliphatic rings. The molecule has 1 aromatic rings. The Bertz CT molecular complexity index is 144. The van der Waals surface area contributed by atoms with Crippen LogP contribution in [0.1, 0.15) is 19.5 Å². The van der Waals surface area contributed by atoms with Gasteiger partial charge in [-0.05, 0) is 0 Å². The SMILES string of the molecule is CC.Cc1[c-]cn(C)n1.[Y]. The summed E-state index contributed by atoms with van der Waals surface area (Å²) in [5, 5.41) is 3.97. The van der Waals surface area contributed by atoms with E-state index >= 15 is 0 Å². The molecule has 0 aliphatic heterocycles. The molecule has 3 heteroatoms. The molecule has 1 radical (unpaired) electrons. The summed E-state index contributed by atoms with van der Waals surface area (Å²) in [6, 6.07) is 2.92. The fraction of sp³-hybridized carbons (Fsp3) is 0.571. The standard InChI is InChI=1S/C5H7N2.C2H6.Y/c1-5-3-4-7(2)6-5;1-2;/h4H,1-2H3;1-2H3;/q-1;;. The van der Waals surface area contributed by atoms with Crippen molar-refractivity contribution in [2.45, 2.75) is 20.8 Å². The van der Waals surface area contributed by atoms with Crippen LogP contribution in [0.2, 0.25) is 0 Å². The quantitative estimate of drug-likeness (QED) is 0.599. The molecule has 2 nitrogen and oxygen atoms in total. The molecule has 1 heterocycles. The molecule has 0 fully saturated rings. The topological polar surface area (TPSA) is 17.8 Å². The van der Waals surface area contributed by atoms with E-state index in [-0.39, 0.29) is 32.7 Å². The predicted octanol–water partition coefficient (Wildman–Crippen LogP) is 1.55. The smallest absolute Gasteiger partial charge is 0.0262 e. The van der Waals surface area contributed by atoms with E-state index in [9.17, 15) is 0 Å². The summed E-state index contributed by atoms with van der Waals surface area (Å²) in [4.78, 5) is 0. The van der Waals surface area contributed by atoms with E-state index in [1.54, 1.807) is 10.9 Å². The van der Waals surface area contributed by atoms with Gasteiger partial charge in [-0.2, -0.15) is 6.20 Å². The van der Waals surface area contributed by atoms with Gasteiger partial charge in [-0.1, -0.05) is 20.8 Å². The van der Waals surface area contributed by atoms with E-state index in [0.717, 1.165) is 5.69 Å². The molecule has 0 amide bonds. The first-order valence-corrected chi connectivity index (χ1v) is 3.17. The monoisotopic (exact) mass is 214 g/mol. The zero-order valence-corrected chi connectivity index (χ0v) is 9.89. The third-order valence-corrected chi connectivity index (χ3v) is 0.768. The average Bonchev–Trinajstić information content (AvgIpc) is 2.20. The maximum absolute atomic E-state index is 3.97. The molecule has 0 N–H and O–H groups in total. The van der Waals surface area contributed by atoms with Gasteiger partial charge in [-0.15, -0.1) is 5.69 Å². The van der Waals surface area contributed by atoms with Crippen LogP contribution in [-0.2, 0) is 39.8 Å². The van der Waals surface area contributed by atoms with Gasteiger partial charge in [0.1, 0.15) is 0 Å².